The van der Waals surface area contributed by atoms with Crippen LogP contribution in [0.2, 0.25) is 5.02 Å². The molecule has 1 amide bonds. The lowest BCUT2D eigenvalue weighted by Crippen LogP contribution is -2.61. The molecule has 35 heavy (non-hydrogen) atoms. The van der Waals surface area contributed by atoms with Crippen LogP contribution in [0.25, 0.3) is 0 Å². The highest BCUT2D eigenvalue weighted by Crippen LogP contribution is 2.46. The number of alkyl halides is 1. The monoisotopic (exact) mass is 527 g/mol. The van der Waals surface area contributed by atoms with Gasteiger partial charge in [0.1, 0.15) is 6.67 Å². The Morgan fingerprint density at radius 1 is 1.09 bits per heavy atom. The van der Waals surface area contributed by atoms with E-state index < -0.39 is 22.0 Å². The molecule has 9 heteroatoms. The van der Waals surface area contributed by atoms with Crippen molar-refractivity contribution < 1.29 is 18.1 Å². The van der Waals surface area contributed by atoms with Crippen LogP contribution in [-0.2, 0) is 26.1 Å². The van der Waals surface area contributed by atoms with Gasteiger partial charge in [0.05, 0.1) is 11.6 Å². The number of benzene rings is 1. The lowest BCUT2D eigenvalue weighted by molar-refractivity contribution is -0.142. The van der Waals surface area contributed by atoms with E-state index in [9.17, 15) is 9.18 Å². The number of fused-ring (bicyclic) bond motifs is 1. The molecule has 1 saturated carbocycles. The van der Waals surface area contributed by atoms with Crippen molar-refractivity contribution >= 4 is 27.4 Å². The second-order valence-corrected chi connectivity index (χ2v) is 14.3. The lowest BCUT2D eigenvalue weighted by Gasteiger charge is -2.50. The van der Waals surface area contributed by atoms with Gasteiger partial charge in [-0.25, -0.2) is 4.39 Å². The summed E-state index contributed by atoms with van der Waals surface area (Å²) in [7, 11) is -1.16. The number of carbonyl (C=O) groups is 1. The minimum absolute atomic E-state index is 0.104. The number of thiol groups is 1. The quantitative estimate of drug-likeness (QED) is 0.609. The normalized spacial score (nSPS) is 31.6. The third-order valence-corrected chi connectivity index (χ3v) is 13.1. The minimum atomic E-state index is -3.33. The van der Waals surface area contributed by atoms with Gasteiger partial charge in [0.15, 0.2) is 5.44 Å². The molecule has 0 bridgehead atoms. The van der Waals surface area contributed by atoms with E-state index in [2.05, 4.69) is 16.8 Å². The number of piperidine rings is 1. The molecule has 3 unspecified atom stereocenters. The first-order chi connectivity index (χ1) is 16.9. The van der Waals surface area contributed by atoms with Gasteiger partial charge in [-0.3, -0.25) is 13.9 Å². The van der Waals surface area contributed by atoms with Crippen molar-refractivity contribution in [3.8, 4) is 0 Å². The molecule has 4 aliphatic rings. The van der Waals surface area contributed by atoms with E-state index in [1.807, 2.05) is 4.90 Å². The van der Waals surface area contributed by atoms with Crippen LogP contribution in [0.15, 0.2) is 23.1 Å². The van der Waals surface area contributed by atoms with Crippen LogP contribution in [-0.4, -0.2) is 94.5 Å². The average Bonchev–Trinajstić information content (AvgIpc) is 2.89. The number of ether oxygens (including phenoxy) is 1. The van der Waals surface area contributed by atoms with Gasteiger partial charge in [0.25, 0.3) is 5.91 Å². The molecule has 0 spiro atoms. The van der Waals surface area contributed by atoms with Crippen LogP contribution >= 0.6 is 11.6 Å². The Hall–Kier alpha value is -1.06. The van der Waals surface area contributed by atoms with Crippen LogP contribution in [0, 0.1) is 5.92 Å². The van der Waals surface area contributed by atoms with Crippen molar-refractivity contribution in [2.24, 2.45) is 5.92 Å². The molecular formula is C26H39ClFN3O3S. The standard InChI is InChI=1S/C26H39ClFN3O3S/c1-29-10-8-21(9-11-29)30-12-14-31(15-13-30)25(32)26-34-18-20-4-2-3-5-23(20)35(26,33)24-7-6-19(17-28)16-22(24)27/h6-7,16,20-21,23,26,35H,2-5,8-15,17-18H2,1H3. The summed E-state index contributed by atoms with van der Waals surface area (Å²) < 4.78 is 34.5. The van der Waals surface area contributed by atoms with Gasteiger partial charge in [0, 0.05) is 42.4 Å². The van der Waals surface area contributed by atoms with Crippen LogP contribution in [0.1, 0.15) is 44.1 Å². The first-order valence-corrected chi connectivity index (χ1v) is 15.4. The van der Waals surface area contributed by atoms with Crippen LogP contribution < -0.4 is 0 Å². The highest BCUT2D eigenvalue weighted by Gasteiger charge is 2.51. The molecule has 3 aliphatic heterocycles. The third kappa shape index (κ3) is 4.93. The van der Waals surface area contributed by atoms with Gasteiger partial charge < -0.3 is 14.5 Å². The number of amides is 1. The zero-order chi connectivity index (χ0) is 24.6. The Balaban J connectivity index is 1.36. The Labute approximate surface area is 214 Å². The predicted molar refractivity (Wildman–Crippen MR) is 138 cm³/mol. The van der Waals surface area contributed by atoms with E-state index in [4.69, 9.17) is 16.3 Å². The van der Waals surface area contributed by atoms with E-state index in [0.717, 1.165) is 51.9 Å². The van der Waals surface area contributed by atoms with E-state index in [-0.39, 0.29) is 17.1 Å². The first kappa shape index (κ1) is 25.6. The maximum absolute atomic E-state index is 15.0. The van der Waals surface area contributed by atoms with Crippen molar-refractivity contribution in [1.82, 2.24) is 14.7 Å². The molecule has 1 aromatic rings. The molecule has 6 nitrogen and oxygen atoms in total. The third-order valence-electron chi connectivity index (χ3n) is 8.76. The topological polar surface area (TPSA) is 53.1 Å². The van der Waals surface area contributed by atoms with Gasteiger partial charge in [-0.05, 0) is 79.4 Å². The van der Waals surface area contributed by atoms with Crippen molar-refractivity contribution in [3.63, 3.8) is 0 Å². The molecule has 5 rings (SSSR count). The summed E-state index contributed by atoms with van der Waals surface area (Å²) in [5.74, 6) is 0.0165. The minimum Gasteiger partial charge on any atom is -0.356 e. The summed E-state index contributed by atoms with van der Waals surface area (Å²) >= 11 is 6.60. The molecule has 0 aromatic heterocycles. The van der Waals surface area contributed by atoms with E-state index >= 15 is 4.21 Å². The van der Waals surface area contributed by atoms with Crippen molar-refractivity contribution in [1.29, 1.82) is 0 Å². The molecule has 3 saturated heterocycles. The molecule has 1 aliphatic carbocycles. The Kier molecular flexibility index (Phi) is 7.85. The van der Waals surface area contributed by atoms with Gasteiger partial charge in [-0.15, -0.1) is 0 Å². The second-order valence-electron chi connectivity index (χ2n) is 10.8. The highest BCUT2D eigenvalue weighted by molar-refractivity contribution is 8.04. The average molecular weight is 528 g/mol. The summed E-state index contributed by atoms with van der Waals surface area (Å²) in [5.41, 5.74) is -0.540. The van der Waals surface area contributed by atoms with Gasteiger partial charge in [-0.1, -0.05) is 30.5 Å². The van der Waals surface area contributed by atoms with Gasteiger partial charge in [0.2, 0.25) is 0 Å². The smallest absolute Gasteiger partial charge is 0.263 e. The predicted octanol–water partition coefficient (Wildman–Crippen LogP) is 3.34. The summed E-state index contributed by atoms with van der Waals surface area (Å²) in [6, 6.07) is 5.48. The Morgan fingerprint density at radius 3 is 2.49 bits per heavy atom. The fourth-order valence-corrected chi connectivity index (χ4v) is 11.2. The summed E-state index contributed by atoms with van der Waals surface area (Å²) in [6.07, 6.45) is 6.22. The molecule has 3 atom stereocenters. The number of nitrogens with zero attached hydrogens (tertiary/aromatic N) is 3. The molecular weight excluding hydrogens is 489 g/mol. The first-order valence-electron chi connectivity index (χ1n) is 13.2. The summed E-state index contributed by atoms with van der Waals surface area (Å²) in [6.45, 7) is 5.03. The molecule has 4 fully saturated rings. The van der Waals surface area contributed by atoms with Crippen molar-refractivity contribution in [3.05, 3.63) is 28.8 Å². The largest absolute Gasteiger partial charge is 0.356 e. The SMILES string of the molecule is CN1CCC(N2CCN(C(=O)C3OCC4CCCCC4[SH]3(=O)c3ccc(CF)cc3Cl)CC2)CC1. The highest BCUT2D eigenvalue weighted by atomic mass is 35.5. The summed E-state index contributed by atoms with van der Waals surface area (Å²) in [5, 5.41) is 0.191. The number of hydrogen-bond donors (Lipinski definition) is 1. The fourth-order valence-electron chi connectivity index (χ4n) is 6.67. The van der Waals surface area contributed by atoms with Gasteiger partial charge in [-0.2, -0.15) is 0 Å². The fraction of sp³-hybridized carbons (Fsp3) is 0.731. The van der Waals surface area contributed by atoms with Crippen LogP contribution in [0.4, 0.5) is 4.39 Å². The maximum Gasteiger partial charge on any atom is 0.263 e. The molecule has 3 heterocycles. The number of rotatable bonds is 4. The molecule has 0 N–H and O–H groups in total. The molecule has 196 valence electrons. The maximum atomic E-state index is 15.0. The van der Waals surface area contributed by atoms with E-state index in [0.29, 0.717) is 41.2 Å². The number of piperazine rings is 1. The van der Waals surface area contributed by atoms with E-state index in [1.54, 1.807) is 18.2 Å². The number of likely N-dealkylation sites (tertiary alicyclic amines) is 1. The van der Waals surface area contributed by atoms with E-state index in [1.165, 1.54) is 12.8 Å². The van der Waals surface area contributed by atoms with Crippen LogP contribution in [0.3, 0.4) is 0 Å². The Morgan fingerprint density at radius 2 is 1.80 bits per heavy atom. The zero-order valence-electron chi connectivity index (χ0n) is 20.7. The van der Waals surface area contributed by atoms with Crippen molar-refractivity contribution in [2.75, 3.05) is 52.9 Å². The zero-order valence-corrected chi connectivity index (χ0v) is 22.4. The summed E-state index contributed by atoms with van der Waals surface area (Å²) in [4.78, 5) is 21.1. The lowest BCUT2D eigenvalue weighted by atomic mass is 9.89. The molecule has 1 aromatic carbocycles. The Bertz CT molecular complexity index is 965. The van der Waals surface area contributed by atoms with Crippen LogP contribution in [0.5, 0.6) is 0 Å². The number of carbonyl (C=O) groups excluding carboxylic acids is 1. The number of hydrogen-bond acceptors (Lipinski definition) is 5. The van der Waals surface area contributed by atoms with Crippen molar-refractivity contribution in [2.45, 2.75) is 66.8 Å². The number of halogens is 2. The second kappa shape index (κ2) is 10.7. The molecule has 0 radical (unpaired) electrons. The van der Waals surface area contributed by atoms with Gasteiger partial charge >= 0.3 is 0 Å².